The topological polar surface area (TPSA) is 102 Å². The van der Waals surface area contributed by atoms with E-state index in [1.165, 1.54) is 0 Å². The molecule has 0 saturated carbocycles. The second kappa shape index (κ2) is 10.4. The van der Waals surface area contributed by atoms with Crippen LogP contribution < -0.4 is 10.1 Å². The summed E-state index contributed by atoms with van der Waals surface area (Å²) in [5.41, 5.74) is 3.57. The monoisotopic (exact) mass is 445 g/mol. The molecular formula is C22H28ClN5O3. The highest BCUT2D eigenvalue weighted by Gasteiger charge is 2.17. The summed E-state index contributed by atoms with van der Waals surface area (Å²) in [6.45, 7) is 5.09. The normalized spacial score (nSPS) is 11.1. The number of aliphatic carboxylic acids is 1. The number of aryl methyl sites for hydroxylation is 3. The highest BCUT2D eigenvalue weighted by molar-refractivity contribution is 6.32. The maximum absolute atomic E-state index is 10.9. The fourth-order valence-electron chi connectivity index (χ4n) is 3.44. The van der Waals surface area contributed by atoms with Crippen LogP contribution in [-0.4, -0.2) is 37.4 Å². The number of nitrogens with one attached hydrogen (secondary N) is 1. The van der Waals surface area contributed by atoms with Gasteiger partial charge in [0.05, 0.1) is 17.3 Å². The van der Waals surface area contributed by atoms with Crippen LogP contribution in [0.5, 0.6) is 5.75 Å². The molecule has 2 aromatic heterocycles. The molecule has 0 aliphatic carbocycles. The van der Waals surface area contributed by atoms with Crippen LogP contribution in [-0.2, 0) is 31.2 Å². The summed E-state index contributed by atoms with van der Waals surface area (Å²) in [6.07, 6.45) is 2.84. The molecule has 0 atom stereocenters. The fourth-order valence-corrected chi connectivity index (χ4v) is 3.70. The number of anilines is 1. The summed E-state index contributed by atoms with van der Waals surface area (Å²) in [4.78, 5) is 20.3. The standard InChI is InChI=1S/C22H28ClN5O3/c1-4-7-16-20-21(28(3)27-16)22(26-18(25-20)8-6-9-19(29)30)24-13-14-10-11-17(31-5-2)15(23)12-14/h10-12H,4-9,13H2,1-3H3,(H,29,30)(H,24,25,26). The first-order chi connectivity index (χ1) is 14.9. The van der Waals surface area contributed by atoms with Crippen molar-refractivity contribution in [1.82, 2.24) is 19.7 Å². The molecule has 31 heavy (non-hydrogen) atoms. The molecule has 0 bridgehead atoms. The van der Waals surface area contributed by atoms with E-state index in [-0.39, 0.29) is 6.42 Å². The lowest BCUT2D eigenvalue weighted by Gasteiger charge is -2.11. The van der Waals surface area contributed by atoms with E-state index in [2.05, 4.69) is 22.3 Å². The number of nitrogens with zero attached hydrogens (tertiary/aromatic N) is 4. The number of fused-ring (bicyclic) bond motifs is 1. The Labute approximate surface area is 186 Å². The van der Waals surface area contributed by atoms with Gasteiger partial charge in [-0.2, -0.15) is 5.10 Å². The molecule has 0 unspecified atom stereocenters. The number of aromatic nitrogens is 4. The second-order valence-electron chi connectivity index (χ2n) is 7.30. The first-order valence-electron chi connectivity index (χ1n) is 10.5. The molecule has 0 aliphatic heterocycles. The Hall–Kier alpha value is -2.87. The minimum Gasteiger partial charge on any atom is -0.492 e. The van der Waals surface area contributed by atoms with Crippen molar-refractivity contribution in [1.29, 1.82) is 0 Å². The van der Waals surface area contributed by atoms with Crippen molar-refractivity contribution in [2.75, 3.05) is 11.9 Å². The Bertz CT molecular complexity index is 1070. The van der Waals surface area contributed by atoms with Gasteiger partial charge >= 0.3 is 5.97 Å². The summed E-state index contributed by atoms with van der Waals surface area (Å²) < 4.78 is 7.30. The van der Waals surface area contributed by atoms with Crippen LogP contribution in [0.2, 0.25) is 5.02 Å². The number of hydrogen-bond acceptors (Lipinski definition) is 6. The van der Waals surface area contributed by atoms with Crippen molar-refractivity contribution >= 4 is 34.4 Å². The van der Waals surface area contributed by atoms with E-state index in [9.17, 15) is 4.79 Å². The van der Waals surface area contributed by atoms with E-state index in [0.29, 0.717) is 48.4 Å². The molecule has 0 spiro atoms. The first-order valence-corrected chi connectivity index (χ1v) is 10.9. The summed E-state index contributed by atoms with van der Waals surface area (Å²) >= 11 is 6.32. The third-order valence-electron chi connectivity index (χ3n) is 4.83. The predicted octanol–water partition coefficient (Wildman–Crippen LogP) is 4.39. The third kappa shape index (κ3) is 5.64. The number of hydrogen-bond donors (Lipinski definition) is 2. The number of benzene rings is 1. The highest BCUT2D eigenvalue weighted by Crippen LogP contribution is 2.27. The van der Waals surface area contributed by atoms with E-state index in [4.69, 9.17) is 26.4 Å². The van der Waals surface area contributed by atoms with Crippen molar-refractivity contribution in [2.45, 2.75) is 52.5 Å². The van der Waals surface area contributed by atoms with Crippen LogP contribution in [0, 0.1) is 0 Å². The number of rotatable bonds is 11. The molecule has 3 aromatic rings. The Morgan fingerprint density at radius 1 is 1.26 bits per heavy atom. The van der Waals surface area contributed by atoms with Gasteiger partial charge in [0.1, 0.15) is 22.6 Å². The zero-order valence-corrected chi connectivity index (χ0v) is 18.9. The van der Waals surface area contributed by atoms with Crippen LogP contribution in [0.1, 0.15) is 50.2 Å². The minimum atomic E-state index is -0.820. The number of carbonyl (C=O) groups is 1. The molecule has 0 amide bonds. The van der Waals surface area contributed by atoms with Gasteiger partial charge in [0, 0.05) is 26.4 Å². The van der Waals surface area contributed by atoms with E-state index in [1.54, 1.807) is 4.68 Å². The number of halogens is 1. The average Bonchev–Trinajstić information content (AvgIpc) is 3.04. The number of carboxylic acid groups (broad SMARTS) is 1. The van der Waals surface area contributed by atoms with Gasteiger partial charge in [-0.25, -0.2) is 9.97 Å². The van der Waals surface area contributed by atoms with Gasteiger partial charge in [0.2, 0.25) is 0 Å². The second-order valence-corrected chi connectivity index (χ2v) is 7.71. The van der Waals surface area contributed by atoms with Crippen LogP contribution in [0.4, 0.5) is 5.82 Å². The summed E-state index contributed by atoms with van der Waals surface area (Å²) in [7, 11) is 1.88. The van der Waals surface area contributed by atoms with E-state index in [0.717, 1.165) is 35.1 Å². The molecular weight excluding hydrogens is 418 g/mol. The smallest absolute Gasteiger partial charge is 0.303 e. The fraction of sp³-hybridized carbons (Fsp3) is 0.455. The van der Waals surface area contributed by atoms with Crippen molar-refractivity contribution in [3.05, 3.63) is 40.3 Å². The van der Waals surface area contributed by atoms with Gasteiger partial charge in [0.25, 0.3) is 0 Å². The first kappa shape index (κ1) is 22.8. The largest absolute Gasteiger partial charge is 0.492 e. The molecule has 166 valence electrons. The molecule has 8 nitrogen and oxygen atoms in total. The molecule has 0 saturated heterocycles. The highest BCUT2D eigenvalue weighted by atomic mass is 35.5. The van der Waals surface area contributed by atoms with Crippen LogP contribution >= 0.6 is 11.6 Å². The van der Waals surface area contributed by atoms with Crippen molar-refractivity contribution in [3.63, 3.8) is 0 Å². The quantitative estimate of drug-likeness (QED) is 0.451. The molecule has 0 aliphatic rings. The predicted molar refractivity (Wildman–Crippen MR) is 121 cm³/mol. The Kier molecular flexibility index (Phi) is 7.68. The summed E-state index contributed by atoms with van der Waals surface area (Å²) in [5.74, 6) is 1.14. The van der Waals surface area contributed by atoms with E-state index >= 15 is 0 Å². The average molecular weight is 446 g/mol. The Morgan fingerprint density at radius 3 is 2.74 bits per heavy atom. The van der Waals surface area contributed by atoms with Crippen molar-refractivity contribution in [3.8, 4) is 5.75 Å². The zero-order chi connectivity index (χ0) is 22.4. The Balaban J connectivity index is 1.89. The van der Waals surface area contributed by atoms with E-state index in [1.807, 2.05) is 32.2 Å². The van der Waals surface area contributed by atoms with Crippen LogP contribution in [0.25, 0.3) is 11.0 Å². The lowest BCUT2D eigenvalue weighted by Crippen LogP contribution is -2.08. The van der Waals surface area contributed by atoms with E-state index < -0.39 is 5.97 Å². The molecule has 0 radical (unpaired) electrons. The molecule has 9 heteroatoms. The minimum absolute atomic E-state index is 0.0870. The SMILES string of the molecule is CCCc1nn(C)c2c(NCc3ccc(OCC)c(Cl)c3)nc(CCCC(=O)O)nc12. The zero-order valence-electron chi connectivity index (χ0n) is 18.1. The van der Waals surface area contributed by atoms with Crippen LogP contribution in [0.3, 0.4) is 0 Å². The lowest BCUT2D eigenvalue weighted by molar-refractivity contribution is -0.137. The van der Waals surface area contributed by atoms with Gasteiger partial charge in [-0.15, -0.1) is 0 Å². The third-order valence-corrected chi connectivity index (χ3v) is 5.13. The lowest BCUT2D eigenvalue weighted by atomic mass is 10.2. The van der Waals surface area contributed by atoms with Crippen molar-refractivity contribution in [2.24, 2.45) is 7.05 Å². The van der Waals surface area contributed by atoms with Gasteiger partial charge in [0.15, 0.2) is 5.82 Å². The number of carboxylic acids is 1. The van der Waals surface area contributed by atoms with Gasteiger partial charge in [-0.1, -0.05) is 31.0 Å². The van der Waals surface area contributed by atoms with Crippen LogP contribution in [0.15, 0.2) is 18.2 Å². The number of ether oxygens (including phenoxy) is 1. The summed E-state index contributed by atoms with van der Waals surface area (Å²) in [5, 5.41) is 17.5. The maximum atomic E-state index is 10.9. The summed E-state index contributed by atoms with van der Waals surface area (Å²) in [6, 6.07) is 5.69. The molecule has 0 fully saturated rings. The van der Waals surface area contributed by atoms with Gasteiger partial charge in [-0.05, 0) is 37.5 Å². The van der Waals surface area contributed by atoms with Gasteiger partial charge < -0.3 is 15.2 Å². The molecule has 2 heterocycles. The molecule has 1 aromatic carbocycles. The maximum Gasteiger partial charge on any atom is 0.303 e. The van der Waals surface area contributed by atoms with Gasteiger partial charge in [-0.3, -0.25) is 9.48 Å². The van der Waals surface area contributed by atoms with Crippen molar-refractivity contribution < 1.29 is 14.6 Å². The Morgan fingerprint density at radius 2 is 2.06 bits per heavy atom. The molecule has 3 rings (SSSR count). The molecule has 2 N–H and O–H groups in total.